The molecule has 3 rings (SSSR count). The van der Waals surface area contributed by atoms with Gasteiger partial charge in [-0.1, -0.05) is 24.3 Å². The Morgan fingerprint density at radius 2 is 1.79 bits per heavy atom. The third-order valence-electron chi connectivity index (χ3n) is 4.14. The zero-order chi connectivity index (χ0) is 20.4. The van der Waals surface area contributed by atoms with Gasteiger partial charge in [-0.3, -0.25) is 4.79 Å². The normalized spacial score (nSPS) is 10.4. The highest BCUT2D eigenvalue weighted by molar-refractivity contribution is 5.84. The molecule has 0 spiro atoms. The summed E-state index contributed by atoms with van der Waals surface area (Å²) in [4.78, 5) is 12.7. The molecule has 1 aromatic heterocycles. The largest absolute Gasteiger partial charge is 0.397 e. The summed E-state index contributed by atoms with van der Waals surface area (Å²) in [5.41, 5.74) is 3.45. The second-order valence-corrected chi connectivity index (χ2v) is 6.17. The zero-order valence-corrected chi connectivity index (χ0v) is 16.4. The molecule has 0 unspecified atom stereocenters. The van der Waals surface area contributed by atoms with E-state index in [2.05, 4.69) is 10.6 Å². The molecule has 0 radical (unpaired) electrons. The first-order chi connectivity index (χ1) is 13.6. The number of hydrogen-bond acceptors (Lipinski definition) is 4. The summed E-state index contributed by atoms with van der Waals surface area (Å²) in [6.45, 7) is 4.66. The summed E-state index contributed by atoms with van der Waals surface area (Å²) in [5, 5.41) is 14.9. The number of pyridine rings is 1. The van der Waals surface area contributed by atoms with E-state index in [1.807, 2.05) is 61.5 Å². The van der Waals surface area contributed by atoms with E-state index in [9.17, 15) is 9.18 Å². The fraction of sp³-hybridized carbons (Fsp3) is 0.318. The quantitative estimate of drug-likeness (QED) is 0.527. The molecule has 0 amide bonds. The molecular formula is C22H32FN3O2. The fourth-order valence-electron chi connectivity index (χ4n) is 2.93. The van der Waals surface area contributed by atoms with Crippen molar-refractivity contribution in [1.82, 2.24) is 9.88 Å². The van der Waals surface area contributed by atoms with E-state index in [-0.39, 0.29) is 21.6 Å². The van der Waals surface area contributed by atoms with Gasteiger partial charge in [0.05, 0.1) is 5.52 Å². The zero-order valence-electron chi connectivity index (χ0n) is 16.4. The van der Waals surface area contributed by atoms with Crippen molar-refractivity contribution in [1.29, 1.82) is 0 Å². The van der Waals surface area contributed by atoms with E-state index in [1.54, 1.807) is 11.5 Å². The maximum atomic E-state index is 12.7. The number of halogens is 1. The Morgan fingerprint density at radius 1 is 1.07 bits per heavy atom. The number of aliphatic hydroxyl groups is 1. The second-order valence-electron chi connectivity index (χ2n) is 6.17. The molecule has 0 aliphatic carbocycles. The number of nitrogens with one attached hydrogen (secondary N) is 2. The van der Waals surface area contributed by atoms with Gasteiger partial charge in [0.1, 0.15) is 6.67 Å². The summed E-state index contributed by atoms with van der Waals surface area (Å²) < 4.78 is 14.0. The average Bonchev–Trinajstić information content (AvgIpc) is 2.70. The van der Waals surface area contributed by atoms with E-state index in [1.165, 1.54) is 0 Å². The Kier molecular flexibility index (Phi) is 8.65. The molecule has 0 saturated carbocycles. The molecule has 154 valence electrons. The summed E-state index contributed by atoms with van der Waals surface area (Å²) in [6, 6.07) is 17.8. The van der Waals surface area contributed by atoms with Crippen LogP contribution < -0.4 is 16.2 Å². The Balaban J connectivity index is 0.00000159. The highest BCUT2D eigenvalue weighted by atomic mass is 19.1. The summed E-state index contributed by atoms with van der Waals surface area (Å²) in [7, 11) is 0. The topological polar surface area (TPSA) is 66.3 Å². The Bertz CT molecular complexity index is 937. The van der Waals surface area contributed by atoms with Gasteiger partial charge in [0.25, 0.3) is 5.56 Å². The van der Waals surface area contributed by atoms with Crippen LogP contribution in [0.25, 0.3) is 10.9 Å². The van der Waals surface area contributed by atoms with Crippen molar-refractivity contribution in [3.8, 4) is 0 Å². The predicted molar refractivity (Wildman–Crippen MR) is 118 cm³/mol. The lowest BCUT2D eigenvalue weighted by Gasteiger charge is -2.14. The highest BCUT2D eigenvalue weighted by Crippen LogP contribution is 2.22. The van der Waals surface area contributed by atoms with Crippen molar-refractivity contribution in [3.05, 3.63) is 70.5 Å². The van der Waals surface area contributed by atoms with Crippen molar-refractivity contribution < 1.29 is 12.4 Å². The van der Waals surface area contributed by atoms with Crippen molar-refractivity contribution in [2.45, 2.75) is 26.9 Å². The van der Waals surface area contributed by atoms with E-state index >= 15 is 0 Å². The Hall–Kier alpha value is -2.70. The number of aliphatic hydroxyl groups excluding tert-OH is 1. The van der Waals surface area contributed by atoms with Crippen molar-refractivity contribution >= 4 is 22.3 Å². The average molecular weight is 390 g/mol. The van der Waals surface area contributed by atoms with Gasteiger partial charge in [-0.25, -0.2) is 4.39 Å². The molecule has 6 heteroatoms. The number of hydrogen-bond donors (Lipinski definition) is 3. The third-order valence-corrected chi connectivity index (χ3v) is 4.14. The first-order valence-electron chi connectivity index (χ1n) is 9.50. The molecule has 5 nitrogen and oxygen atoms in total. The number of aromatic nitrogens is 1. The summed E-state index contributed by atoms with van der Waals surface area (Å²) in [6.07, 6.45) is 0. The van der Waals surface area contributed by atoms with Crippen LogP contribution in [0.4, 0.5) is 15.8 Å². The highest BCUT2D eigenvalue weighted by Gasteiger charge is 2.09. The molecule has 0 aliphatic heterocycles. The van der Waals surface area contributed by atoms with Crippen LogP contribution in [0.5, 0.6) is 0 Å². The number of benzene rings is 2. The number of para-hydroxylation sites is 1. The number of anilines is 2. The molecule has 0 atom stereocenters. The van der Waals surface area contributed by atoms with Gasteiger partial charge < -0.3 is 20.3 Å². The van der Waals surface area contributed by atoms with Crippen LogP contribution in [0.15, 0.2) is 59.4 Å². The fourth-order valence-corrected chi connectivity index (χ4v) is 2.93. The van der Waals surface area contributed by atoms with Crippen LogP contribution in [0.2, 0.25) is 0 Å². The smallest absolute Gasteiger partial charge is 0.255 e. The molecule has 3 N–H and O–H groups in total. The Labute approximate surface area is 167 Å². The minimum absolute atomic E-state index is 0. The number of rotatable bonds is 7. The van der Waals surface area contributed by atoms with Gasteiger partial charge in [0.15, 0.2) is 0 Å². The van der Waals surface area contributed by atoms with Gasteiger partial charge >= 0.3 is 0 Å². The lowest BCUT2D eigenvalue weighted by molar-refractivity contribution is 0.318. The number of aryl methyl sites for hydroxylation is 1. The minimum Gasteiger partial charge on any atom is -0.397 e. The van der Waals surface area contributed by atoms with Gasteiger partial charge in [0.2, 0.25) is 0 Å². The third kappa shape index (κ3) is 5.65. The molecule has 3 aromatic rings. The maximum absolute atomic E-state index is 12.7. The molecule has 0 bridgehead atoms. The molecular weight excluding hydrogens is 357 g/mol. The first-order valence-corrected chi connectivity index (χ1v) is 9.50. The number of nitrogens with zero attached hydrogens (tertiary/aromatic N) is 1. The number of alkyl halides is 1. The Morgan fingerprint density at radius 3 is 2.43 bits per heavy atom. The van der Waals surface area contributed by atoms with Gasteiger partial charge in [-0.05, 0) is 49.6 Å². The van der Waals surface area contributed by atoms with Gasteiger partial charge in [0, 0.05) is 46.0 Å². The van der Waals surface area contributed by atoms with Crippen LogP contribution in [0.3, 0.4) is 0 Å². The standard InChI is InChI=1S/C20H22FN3O.C2H6O.2H2/c1-2-24-19-13-18(23-17-6-4-3-5-7-17)9-8-15(19)12-16(20(24)25)14-22-11-10-21;1-2-3;;/h3-9,12-13,22-23H,2,10-11,14H2,1H3;3H,2H2,1H3;2*1H. The second kappa shape index (κ2) is 11.2. The minimum atomic E-state index is -0.440. The van der Waals surface area contributed by atoms with Crippen LogP contribution in [-0.4, -0.2) is 29.5 Å². The van der Waals surface area contributed by atoms with Crippen LogP contribution in [0.1, 0.15) is 22.3 Å². The van der Waals surface area contributed by atoms with E-state index in [0.717, 1.165) is 22.3 Å². The predicted octanol–water partition coefficient (Wildman–Crippen LogP) is 4.31. The molecule has 0 aliphatic rings. The van der Waals surface area contributed by atoms with Crippen molar-refractivity contribution in [2.24, 2.45) is 0 Å². The van der Waals surface area contributed by atoms with Gasteiger partial charge in [-0.15, -0.1) is 0 Å². The molecule has 0 fully saturated rings. The lowest BCUT2D eigenvalue weighted by Crippen LogP contribution is -2.27. The summed E-state index contributed by atoms with van der Waals surface area (Å²) in [5.74, 6) is 0. The first kappa shape index (κ1) is 21.6. The lowest BCUT2D eigenvalue weighted by atomic mass is 10.1. The van der Waals surface area contributed by atoms with Crippen molar-refractivity contribution in [2.75, 3.05) is 25.1 Å². The maximum Gasteiger partial charge on any atom is 0.255 e. The molecule has 28 heavy (non-hydrogen) atoms. The summed E-state index contributed by atoms with van der Waals surface area (Å²) >= 11 is 0. The van der Waals surface area contributed by atoms with E-state index in [4.69, 9.17) is 5.11 Å². The molecule has 0 saturated heterocycles. The van der Waals surface area contributed by atoms with Crippen molar-refractivity contribution in [3.63, 3.8) is 0 Å². The monoisotopic (exact) mass is 389 g/mol. The van der Waals surface area contributed by atoms with E-state index < -0.39 is 6.67 Å². The molecule has 2 aromatic carbocycles. The van der Waals surface area contributed by atoms with E-state index in [0.29, 0.717) is 18.7 Å². The number of fused-ring (bicyclic) bond motifs is 1. The van der Waals surface area contributed by atoms with Crippen LogP contribution in [-0.2, 0) is 13.1 Å². The van der Waals surface area contributed by atoms with Crippen LogP contribution in [0, 0.1) is 0 Å². The molecule has 1 heterocycles. The van der Waals surface area contributed by atoms with Crippen LogP contribution >= 0.6 is 0 Å². The van der Waals surface area contributed by atoms with Gasteiger partial charge in [-0.2, -0.15) is 0 Å². The SMILES string of the molecule is CCO.CCn1c(=O)c(CNCCF)cc2ccc(Nc3ccccc3)cc21.[HH].[HH].